The highest BCUT2D eigenvalue weighted by Crippen LogP contribution is 2.40. The van der Waals surface area contributed by atoms with Gasteiger partial charge in [-0.2, -0.15) is 0 Å². The molecule has 35 heavy (non-hydrogen) atoms. The van der Waals surface area contributed by atoms with Crippen LogP contribution in [0.15, 0.2) is 71.4 Å². The van der Waals surface area contributed by atoms with E-state index in [2.05, 4.69) is 5.32 Å². The van der Waals surface area contributed by atoms with Crippen LogP contribution in [0.25, 0.3) is 27.7 Å². The zero-order valence-corrected chi connectivity index (χ0v) is 20.3. The van der Waals surface area contributed by atoms with Gasteiger partial charge >= 0.3 is 0 Å². The van der Waals surface area contributed by atoms with Crippen LogP contribution in [0.1, 0.15) is 31.9 Å². The highest BCUT2D eigenvalue weighted by molar-refractivity contribution is 6.06. The van der Waals surface area contributed by atoms with E-state index in [4.69, 9.17) is 13.9 Å². The van der Waals surface area contributed by atoms with Crippen LogP contribution in [0.3, 0.4) is 0 Å². The number of benzene rings is 3. The number of rotatable bonds is 8. The SMILES string of the molecule is CCOc1ccc(NC(=O)/C=C(\C)c2cc3c(-c4ccc(F)cc4)coc3c(C)c2OCC)cc1. The number of furan rings is 1. The third-order valence-electron chi connectivity index (χ3n) is 5.69. The molecule has 0 saturated carbocycles. The minimum Gasteiger partial charge on any atom is -0.494 e. The second-order valence-corrected chi connectivity index (χ2v) is 8.12. The van der Waals surface area contributed by atoms with Gasteiger partial charge < -0.3 is 19.2 Å². The van der Waals surface area contributed by atoms with Gasteiger partial charge in [-0.15, -0.1) is 0 Å². The molecule has 0 atom stereocenters. The van der Waals surface area contributed by atoms with Crippen LogP contribution in [0, 0.1) is 12.7 Å². The minimum atomic E-state index is -0.297. The molecule has 5 nitrogen and oxygen atoms in total. The number of ether oxygens (including phenoxy) is 2. The molecule has 6 heteroatoms. The number of carbonyl (C=O) groups is 1. The van der Waals surface area contributed by atoms with Crippen LogP contribution in [0.5, 0.6) is 11.5 Å². The molecule has 0 fully saturated rings. The summed E-state index contributed by atoms with van der Waals surface area (Å²) in [5.74, 6) is 0.870. The zero-order valence-electron chi connectivity index (χ0n) is 20.3. The summed E-state index contributed by atoms with van der Waals surface area (Å²) in [5, 5.41) is 3.75. The summed E-state index contributed by atoms with van der Waals surface area (Å²) in [5.41, 5.74) is 5.44. The first-order valence-electron chi connectivity index (χ1n) is 11.6. The molecule has 0 saturated heterocycles. The third-order valence-corrected chi connectivity index (χ3v) is 5.69. The first-order valence-corrected chi connectivity index (χ1v) is 11.6. The van der Waals surface area contributed by atoms with Crippen LogP contribution < -0.4 is 14.8 Å². The van der Waals surface area contributed by atoms with Crippen molar-refractivity contribution in [3.05, 3.63) is 83.9 Å². The molecule has 3 aromatic carbocycles. The Balaban J connectivity index is 1.70. The maximum Gasteiger partial charge on any atom is 0.248 e. The molecule has 0 bridgehead atoms. The van der Waals surface area contributed by atoms with Gasteiger partial charge in [0.05, 0.1) is 19.5 Å². The smallest absolute Gasteiger partial charge is 0.248 e. The molecule has 0 aliphatic heterocycles. The lowest BCUT2D eigenvalue weighted by Gasteiger charge is -2.15. The van der Waals surface area contributed by atoms with E-state index in [1.165, 1.54) is 12.1 Å². The van der Waals surface area contributed by atoms with Crippen molar-refractivity contribution in [2.45, 2.75) is 27.7 Å². The van der Waals surface area contributed by atoms with Gasteiger partial charge in [0.15, 0.2) is 0 Å². The molecule has 4 aromatic rings. The standard InChI is InChI=1S/C29H28FNO4/c1-5-33-23-13-11-22(12-14-23)31-27(32)15-18(3)24-16-25-26(20-7-9-21(30)10-8-20)17-35-29(25)19(4)28(24)34-6-2/h7-17H,5-6H2,1-4H3,(H,31,32)/b18-15+. The number of nitrogens with one attached hydrogen (secondary N) is 1. The zero-order chi connectivity index (χ0) is 24.9. The second kappa shape index (κ2) is 10.5. The van der Waals surface area contributed by atoms with E-state index >= 15 is 0 Å². The fourth-order valence-corrected chi connectivity index (χ4v) is 4.05. The minimum absolute atomic E-state index is 0.252. The molecular formula is C29H28FNO4. The number of anilines is 1. The average molecular weight is 474 g/mol. The maximum atomic E-state index is 13.5. The Hall–Kier alpha value is -4.06. The van der Waals surface area contributed by atoms with Gasteiger partial charge in [-0.05, 0) is 81.3 Å². The van der Waals surface area contributed by atoms with Gasteiger partial charge in [-0.25, -0.2) is 4.39 Å². The molecule has 0 aliphatic carbocycles. The fourth-order valence-electron chi connectivity index (χ4n) is 4.05. The molecule has 1 N–H and O–H groups in total. The summed E-state index contributed by atoms with van der Waals surface area (Å²) in [4.78, 5) is 12.8. The number of aryl methyl sites for hydroxylation is 1. The second-order valence-electron chi connectivity index (χ2n) is 8.12. The Morgan fingerprint density at radius 1 is 1.03 bits per heavy atom. The van der Waals surface area contributed by atoms with E-state index in [0.29, 0.717) is 30.2 Å². The Kier molecular flexibility index (Phi) is 7.20. The van der Waals surface area contributed by atoms with Crippen LogP contribution in [0.2, 0.25) is 0 Å². The van der Waals surface area contributed by atoms with Crippen molar-refractivity contribution in [3.63, 3.8) is 0 Å². The number of allylic oxidation sites excluding steroid dienone is 1. The Bertz CT molecular complexity index is 1370. The molecule has 1 heterocycles. The highest BCUT2D eigenvalue weighted by atomic mass is 19.1. The third kappa shape index (κ3) is 5.22. The molecule has 1 aromatic heterocycles. The van der Waals surface area contributed by atoms with Crippen LogP contribution in [-0.4, -0.2) is 19.1 Å². The van der Waals surface area contributed by atoms with Crippen LogP contribution in [-0.2, 0) is 4.79 Å². The van der Waals surface area contributed by atoms with E-state index in [0.717, 1.165) is 39.0 Å². The van der Waals surface area contributed by atoms with Crippen LogP contribution >= 0.6 is 0 Å². The largest absolute Gasteiger partial charge is 0.494 e. The molecule has 0 radical (unpaired) electrons. The number of halogens is 1. The molecule has 0 unspecified atom stereocenters. The molecule has 180 valence electrons. The average Bonchev–Trinajstić information content (AvgIpc) is 3.27. The summed E-state index contributed by atoms with van der Waals surface area (Å²) in [6.45, 7) is 8.69. The van der Waals surface area contributed by atoms with E-state index < -0.39 is 0 Å². The van der Waals surface area contributed by atoms with Crippen molar-refractivity contribution < 1.29 is 23.1 Å². The van der Waals surface area contributed by atoms with Gasteiger partial charge in [-0.1, -0.05) is 12.1 Å². The van der Waals surface area contributed by atoms with E-state index in [1.807, 2.05) is 45.9 Å². The van der Waals surface area contributed by atoms with Crippen molar-refractivity contribution in [2.24, 2.45) is 0 Å². The molecular weight excluding hydrogens is 445 g/mol. The summed E-state index contributed by atoms with van der Waals surface area (Å²) in [7, 11) is 0. The van der Waals surface area contributed by atoms with Crippen molar-refractivity contribution in [1.29, 1.82) is 0 Å². The summed E-state index contributed by atoms with van der Waals surface area (Å²) < 4.78 is 30.8. The van der Waals surface area contributed by atoms with Gasteiger partial charge in [-0.3, -0.25) is 4.79 Å². The predicted octanol–water partition coefficient (Wildman–Crippen LogP) is 7.39. The number of hydrogen-bond donors (Lipinski definition) is 1. The molecule has 4 rings (SSSR count). The van der Waals surface area contributed by atoms with Crippen molar-refractivity contribution >= 4 is 28.1 Å². The predicted molar refractivity (Wildman–Crippen MR) is 137 cm³/mol. The van der Waals surface area contributed by atoms with E-state index in [1.54, 1.807) is 36.6 Å². The lowest BCUT2D eigenvalue weighted by molar-refractivity contribution is -0.111. The first kappa shape index (κ1) is 24.1. The van der Waals surface area contributed by atoms with Crippen molar-refractivity contribution in [1.82, 2.24) is 0 Å². The fraction of sp³-hybridized carbons (Fsp3) is 0.207. The topological polar surface area (TPSA) is 60.7 Å². The summed E-state index contributed by atoms with van der Waals surface area (Å²) in [6, 6.07) is 15.5. The monoisotopic (exact) mass is 473 g/mol. The number of hydrogen-bond acceptors (Lipinski definition) is 4. The van der Waals surface area contributed by atoms with Gasteiger partial charge in [0.2, 0.25) is 5.91 Å². The molecule has 1 amide bonds. The number of fused-ring (bicyclic) bond motifs is 1. The Labute approximate surface area is 204 Å². The number of carbonyl (C=O) groups excluding carboxylic acids is 1. The van der Waals surface area contributed by atoms with Gasteiger partial charge in [0, 0.05) is 33.8 Å². The van der Waals surface area contributed by atoms with Gasteiger partial charge in [0.25, 0.3) is 0 Å². The van der Waals surface area contributed by atoms with Crippen molar-refractivity contribution in [2.75, 3.05) is 18.5 Å². The highest BCUT2D eigenvalue weighted by Gasteiger charge is 2.19. The molecule has 0 aliphatic rings. The first-order chi connectivity index (χ1) is 16.9. The summed E-state index contributed by atoms with van der Waals surface area (Å²) >= 11 is 0. The molecule has 0 spiro atoms. The maximum absolute atomic E-state index is 13.5. The lowest BCUT2D eigenvalue weighted by Crippen LogP contribution is -2.09. The van der Waals surface area contributed by atoms with Crippen LogP contribution in [0.4, 0.5) is 10.1 Å². The van der Waals surface area contributed by atoms with E-state index in [-0.39, 0.29) is 11.7 Å². The lowest BCUT2D eigenvalue weighted by atomic mass is 9.96. The Morgan fingerprint density at radius 2 is 1.71 bits per heavy atom. The van der Waals surface area contributed by atoms with Gasteiger partial charge in [0.1, 0.15) is 22.9 Å². The Morgan fingerprint density at radius 3 is 2.37 bits per heavy atom. The normalized spacial score (nSPS) is 11.5. The van der Waals surface area contributed by atoms with Crippen molar-refractivity contribution in [3.8, 4) is 22.6 Å². The quantitative estimate of drug-likeness (QED) is 0.271. The summed E-state index contributed by atoms with van der Waals surface area (Å²) in [6.07, 6.45) is 3.22. The number of amides is 1. The van der Waals surface area contributed by atoms with E-state index in [9.17, 15) is 9.18 Å².